The van der Waals surface area contributed by atoms with Gasteiger partial charge in [-0.2, -0.15) is 0 Å². The highest BCUT2D eigenvalue weighted by molar-refractivity contribution is 8.77. The maximum absolute atomic E-state index is 15.1. The van der Waals surface area contributed by atoms with Crippen LogP contribution in [0.15, 0.2) is 121 Å². The van der Waals surface area contributed by atoms with E-state index in [0.29, 0.717) is 27.6 Å². The number of para-hydroxylation sites is 2. The molecule has 446 valence electrons. The number of carbonyl (C=O) groups is 8. The van der Waals surface area contributed by atoms with Gasteiger partial charge in [-0.25, -0.2) is 0 Å². The van der Waals surface area contributed by atoms with Crippen LogP contribution >= 0.6 is 21.6 Å². The van der Waals surface area contributed by atoms with Crippen molar-refractivity contribution in [3.05, 3.63) is 138 Å². The third-order valence-electron chi connectivity index (χ3n) is 14.2. The number of benzene rings is 4. The molecule has 84 heavy (non-hydrogen) atoms. The highest BCUT2D eigenvalue weighted by atomic mass is 33.1. The number of hydrogen-bond acceptors (Lipinski definition) is 14. The zero-order valence-corrected chi connectivity index (χ0v) is 48.2. The van der Waals surface area contributed by atoms with E-state index in [1.54, 1.807) is 74.8 Å². The number of nitrogens with one attached hydrogen (secondary N) is 9. The van der Waals surface area contributed by atoms with Gasteiger partial charge in [-0.15, -0.1) is 0 Å². The molecule has 24 nitrogen and oxygen atoms in total. The Morgan fingerprint density at radius 2 is 1.19 bits per heavy atom. The fourth-order valence-electron chi connectivity index (χ4n) is 9.59. The van der Waals surface area contributed by atoms with Crippen molar-refractivity contribution >= 4 is 96.6 Å². The zero-order valence-electron chi connectivity index (χ0n) is 46.6. The minimum atomic E-state index is -1.62. The number of aliphatic imine (C=N–C) groups is 1. The SMILES string of the molecule is C[C@@H](O)[C@H](NC(=O)[C@@H]1NC(=O)[C@@H](Cc2c[nH]c3ccccc23)NC(=O)[C@H](CCCN=C(N)N)NC(=O)[C@H](Cc2c[nH]c3ccccc23)NC(=O)[C@H](Cc2ccc(O)cc2)NC(=O)[C@@H](NC(=O)[C@H](N)Cc2ccccc2)CSSC1(C)C)C(N)=O. The number of H-pyrrole nitrogens is 2. The Kier molecular flexibility index (Phi) is 21.8. The normalized spacial score (nSPS) is 21.3. The Balaban J connectivity index is 1.34. The van der Waals surface area contributed by atoms with E-state index in [4.69, 9.17) is 22.9 Å². The third kappa shape index (κ3) is 17.2. The molecule has 4 aromatic carbocycles. The molecule has 1 aliphatic rings. The van der Waals surface area contributed by atoms with E-state index in [1.807, 2.05) is 42.5 Å². The van der Waals surface area contributed by atoms with Gasteiger partial charge in [0.2, 0.25) is 47.3 Å². The lowest BCUT2D eigenvalue weighted by Gasteiger charge is -2.35. The summed E-state index contributed by atoms with van der Waals surface area (Å²) in [5.74, 6) is -7.57. The van der Waals surface area contributed by atoms with Gasteiger partial charge in [0, 0.05) is 70.5 Å². The molecule has 0 spiro atoms. The van der Waals surface area contributed by atoms with Crippen LogP contribution in [-0.4, -0.2) is 145 Å². The number of aliphatic hydroxyl groups is 1. The Labute approximate surface area is 492 Å². The smallest absolute Gasteiger partial charge is 0.244 e. The predicted molar refractivity (Wildman–Crippen MR) is 322 cm³/mol. The average Bonchev–Trinajstić information content (AvgIpc) is 4.24. The molecular weight excluding hydrogens is 1120 g/mol. The van der Waals surface area contributed by atoms with Crippen molar-refractivity contribution in [3.8, 4) is 5.75 Å². The Bertz CT molecular complexity index is 3330. The van der Waals surface area contributed by atoms with Gasteiger partial charge in [-0.3, -0.25) is 43.3 Å². The van der Waals surface area contributed by atoms with Gasteiger partial charge in [0.15, 0.2) is 5.96 Å². The molecule has 0 radical (unpaired) electrons. The first-order valence-electron chi connectivity index (χ1n) is 27.2. The van der Waals surface area contributed by atoms with Crippen LogP contribution in [0.2, 0.25) is 0 Å². The van der Waals surface area contributed by atoms with E-state index >= 15 is 19.2 Å². The van der Waals surface area contributed by atoms with Crippen molar-refractivity contribution in [2.45, 2.75) is 118 Å². The molecule has 0 bridgehead atoms. The number of guanidine groups is 1. The van der Waals surface area contributed by atoms with Crippen LogP contribution in [0, 0.1) is 0 Å². The summed E-state index contributed by atoms with van der Waals surface area (Å²) in [6.07, 6.45) is 1.48. The van der Waals surface area contributed by atoms with Gasteiger partial charge in [0.25, 0.3) is 0 Å². The molecule has 6 aromatic rings. The van der Waals surface area contributed by atoms with E-state index in [-0.39, 0.29) is 62.5 Å². The number of aromatic nitrogens is 2. The van der Waals surface area contributed by atoms with Crippen LogP contribution < -0.4 is 60.2 Å². The molecule has 7 rings (SSSR count). The molecule has 0 unspecified atom stereocenters. The number of phenolic OH excluding ortho intramolecular Hbond substituents is 1. The molecule has 19 N–H and O–H groups in total. The number of primary amides is 1. The first-order chi connectivity index (χ1) is 40.1. The monoisotopic (exact) mass is 1190 g/mol. The maximum atomic E-state index is 15.1. The van der Waals surface area contributed by atoms with Gasteiger partial charge in [0.05, 0.1) is 12.1 Å². The van der Waals surface area contributed by atoms with Crippen LogP contribution in [0.4, 0.5) is 0 Å². The fourth-order valence-corrected chi connectivity index (χ4v) is 12.4. The molecule has 26 heteroatoms. The number of nitrogens with zero attached hydrogens (tertiary/aromatic N) is 1. The number of fused-ring (bicyclic) bond motifs is 2. The Morgan fingerprint density at radius 1 is 0.679 bits per heavy atom. The molecule has 0 aliphatic carbocycles. The number of carbonyl (C=O) groups excluding carboxylic acids is 8. The topological polar surface area (TPSA) is 409 Å². The van der Waals surface area contributed by atoms with Gasteiger partial charge < -0.3 is 80.3 Å². The summed E-state index contributed by atoms with van der Waals surface area (Å²) in [6.45, 7) is 4.45. The summed E-state index contributed by atoms with van der Waals surface area (Å²) in [6, 6.07) is 17.7. The second-order valence-corrected chi connectivity index (χ2v) is 24.1. The number of amides is 8. The third-order valence-corrected chi connectivity index (χ3v) is 17.5. The van der Waals surface area contributed by atoms with Gasteiger partial charge in [-0.1, -0.05) is 100 Å². The standard InChI is InChI=1S/C58H72N14O10S2/c1-31(73)47(49(60)75)71-56(82)48-58(2,3)84-83-30-46(70-50(76)39(59)24-32-12-5-4-6-13-32)55(81)67-43(25-33-19-21-36(74)22-20-33)52(78)69-44(26-34-28-64-40-16-9-7-14-37(34)40)53(79)66-42(18-11-23-63-57(61)62)51(77)68-45(54(80)72-48)27-35-29-65-41-17-10-8-15-38(35)41/h4-10,12-17,19-22,28-29,31,39,42-48,64-65,73-74H,11,18,23-27,30,59H2,1-3H3,(H2,60,75)(H,66,79)(H,67,81)(H,68,77)(H,69,78)(H,70,76)(H,71,82)(H,72,80)(H4,61,62,63)/t31-,39-,42+,43+,44+,45-,46+,47+,48+/m1/s1. The van der Waals surface area contributed by atoms with Crippen LogP contribution in [0.1, 0.15) is 55.9 Å². The molecule has 3 heterocycles. The summed E-state index contributed by atoms with van der Waals surface area (Å²) < 4.78 is -1.42. The lowest BCUT2D eigenvalue weighted by Crippen LogP contribution is -2.64. The maximum Gasteiger partial charge on any atom is 0.244 e. The lowest BCUT2D eigenvalue weighted by molar-refractivity contribution is -0.136. The van der Waals surface area contributed by atoms with Gasteiger partial charge in [0.1, 0.15) is 48.0 Å². The van der Waals surface area contributed by atoms with Crippen LogP contribution in [-0.2, 0) is 64.0 Å². The molecule has 9 atom stereocenters. The summed E-state index contributed by atoms with van der Waals surface area (Å²) in [4.78, 5) is 127. The number of aromatic hydroxyl groups is 1. The van der Waals surface area contributed by atoms with Crippen LogP contribution in [0.3, 0.4) is 0 Å². The van der Waals surface area contributed by atoms with Crippen LogP contribution in [0.5, 0.6) is 5.75 Å². The number of aliphatic hydroxyl groups excluding tert-OH is 1. The van der Waals surface area contributed by atoms with E-state index in [0.717, 1.165) is 38.1 Å². The van der Waals surface area contributed by atoms with Crippen molar-refractivity contribution in [2.75, 3.05) is 12.3 Å². The largest absolute Gasteiger partial charge is 0.508 e. The van der Waals surface area contributed by atoms with E-state index in [1.165, 1.54) is 19.1 Å². The first-order valence-corrected chi connectivity index (χ1v) is 29.5. The van der Waals surface area contributed by atoms with Gasteiger partial charge >= 0.3 is 0 Å². The van der Waals surface area contributed by atoms with E-state index in [9.17, 15) is 29.4 Å². The number of hydrogen-bond donors (Lipinski definition) is 15. The number of rotatable bonds is 18. The molecule has 0 saturated carbocycles. The molecule has 8 amide bonds. The second kappa shape index (κ2) is 29.1. The van der Waals surface area contributed by atoms with Crippen molar-refractivity contribution in [2.24, 2.45) is 27.9 Å². The highest BCUT2D eigenvalue weighted by Crippen LogP contribution is 2.39. The van der Waals surface area contributed by atoms with E-state index in [2.05, 4.69) is 52.2 Å². The molecular formula is C58H72N14O10S2. The minimum absolute atomic E-state index is 0.0239. The summed E-state index contributed by atoms with van der Waals surface area (Å²) in [5.41, 5.74) is 27.2. The van der Waals surface area contributed by atoms with Crippen molar-refractivity contribution in [3.63, 3.8) is 0 Å². The van der Waals surface area contributed by atoms with Crippen molar-refractivity contribution in [1.29, 1.82) is 0 Å². The Hall–Kier alpha value is -8.59. The molecule has 1 fully saturated rings. The van der Waals surface area contributed by atoms with Gasteiger partial charge in [-0.05, 0) is 86.6 Å². The highest BCUT2D eigenvalue weighted by Gasteiger charge is 2.42. The van der Waals surface area contributed by atoms with Crippen molar-refractivity contribution < 1.29 is 48.6 Å². The molecule has 1 saturated heterocycles. The Morgan fingerprint density at radius 3 is 1.75 bits per heavy atom. The predicted octanol–water partition coefficient (Wildman–Crippen LogP) is 0.440. The van der Waals surface area contributed by atoms with E-state index < -0.39 is 106 Å². The van der Waals surface area contributed by atoms with Crippen LogP contribution in [0.25, 0.3) is 21.8 Å². The summed E-state index contributed by atoms with van der Waals surface area (Å²) >= 11 is 0. The summed E-state index contributed by atoms with van der Waals surface area (Å²) in [5, 5.41) is 41.5. The minimum Gasteiger partial charge on any atom is -0.508 e. The average molecular weight is 1190 g/mol. The number of aromatic amines is 2. The molecule has 1 aliphatic heterocycles. The lowest BCUT2D eigenvalue weighted by atomic mass is 9.98. The number of phenols is 1. The second-order valence-electron chi connectivity index (χ2n) is 21.1. The quantitative estimate of drug-likeness (QED) is 0.0240. The fraction of sp³-hybridized carbons (Fsp3) is 0.362. The first kappa shape index (κ1) is 63.0. The van der Waals surface area contributed by atoms with Crippen molar-refractivity contribution in [1.82, 2.24) is 47.2 Å². The summed E-state index contributed by atoms with van der Waals surface area (Å²) in [7, 11) is 2.02. The number of nitrogens with two attached hydrogens (primary N) is 4. The molecule has 2 aromatic heterocycles. The zero-order chi connectivity index (χ0) is 60.7.